The molecule has 5 heteroatoms. The number of non-ortho nitro benzene ring substituents is 1. The van der Waals surface area contributed by atoms with Gasteiger partial charge in [-0.05, 0) is 30.5 Å². The second kappa shape index (κ2) is 5.75. The number of thiophene rings is 1. The Kier molecular flexibility index (Phi) is 4.07. The number of hydrogen-bond acceptors (Lipinski definition) is 4. The van der Waals surface area contributed by atoms with E-state index in [1.54, 1.807) is 23.5 Å². The number of hydrogen-bond donors (Lipinski definition) is 1. The molecular weight excluding hydrogens is 248 g/mol. The Hall–Kier alpha value is -1.72. The molecule has 0 bridgehead atoms. The molecule has 0 aliphatic heterocycles. The second-order valence-electron chi connectivity index (χ2n) is 3.98. The van der Waals surface area contributed by atoms with Crippen LogP contribution in [0.15, 0.2) is 41.8 Å². The van der Waals surface area contributed by atoms with Crippen LogP contribution in [0.5, 0.6) is 0 Å². The van der Waals surface area contributed by atoms with Gasteiger partial charge in [0, 0.05) is 23.1 Å². The summed E-state index contributed by atoms with van der Waals surface area (Å²) in [4.78, 5) is 11.5. The Balaban J connectivity index is 2.10. The maximum absolute atomic E-state index is 10.6. The number of nitro groups is 1. The van der Waals surface area contributed by atoms with E-state index in [1.807, 2.05) is 25.2 Å². The van der Waals surface area contributed by atoms with Crippen molar-refractivity contribution in [2.24, 2.45) is 0 Å². The first kappa shape index (κ1) is 12.7. The van der Waals surface area contributed by atoms with Gasteiger partial charge >= 0.3 is 0 Å². The van der Waals surface area contributed by atoms with Gasteiger partial charge in [0.1, 0.15) is 0 Å². The van der Waals surface area contributed by atoms with Gasteiger partial charge in [0.05, 0.1) is 4.92 Å². The molecule has 2 rings (SSSR count). The normalized spacial score (nSPS) is 12.3. The molecule has 0 fully saturated rings. The van der Waals surface area contributed by atoms with E-state index in [-0.39, 0.29) is 16.7 Å². The average molecular weight is 262 g/mol. The maximum atomic E-state index is 10.6. The van der Waals surface area contributed by atoms with E-state index in [0.717, 1.165) is 12.0 Å². The molecule has 1 aromatic heterocycles. The number of nitrogens with one attached hydrogen (secondary N) is 1. The zero-order valence-electron chi connectivity index (χ0n) is 10.00. The molecule has 0 aliphatic rings. The number of rotatable bonds is 5. The third kappa shape index (κ3) is 2.94. The molecule has 1 unspecified atom stereocenters. The first-order valence-corrected chi connectivity index (χ1v) is 6.52. The van der Waals surface area contributed by atoms with Gasteiger partial charge < -0.3 is 5.32 Å². The lowest BCUT2D eigenvalue weighted by Crippen LogP contribution is -2.17. The summed E-state index contributed by atoms with van der Waals surface area (Å²) in [7, 11) is 1.93. The molecule has 1 N–H and O–H groups in total. The van der Waals surface area contributed by atoms with Gasteiger partial charge in [0.25, 0.3) is 5.69 Å². The summed E-state index contributed by atoms with van der Waals surface area (Å²) >= 11 is 1.71. The zero-order valence-corrected chi connectivity index (χ0v) is 10.8. The van der Waals surface area contributed by atoms with Crippen LogP contribution >= 0.6 is 11.3 Å². The van der Waals surface area contributed by atoms with Crippen molar-refractivity contribution in [3.8, 4) is 0 Å². The van der Waals surface area contributed by atoms with Crippen LogP contribution in [0.1, 0.15) is 16.5 Å². The molecule has 0 radical (unpaired) electrons. The first-order valence-electron chi connectivity index (χ1n) is 5.64. The largest absolute Gasteiger partial charge is 0.312 e. The molecule has 2 aromatic rings. The predicted octanol–water partition coefficient (Wildman–Crippen LogP) is 3.16. The van der Waals surface area contributed by atoms with Gasteiger partial charge in [-0.25, -0.2) is 0 Å². The van der Waals surface area contributed by atoms with Crippen molar-refractivity contribution in [2.75, 3.05) is 7.05 Å². The first-order chi connectivity index (χ1) is 8.70. The molecule has 0 saturated heterocycles. The van der Waals surface area contributed by atoms with E-state index in [2.05, 4.69) is 16.8 Å². The van der Waals surface area contributed by atoms with E-state index in [9.17, 15) is 10.1 Å². The maximum Gasteiger partial charge on any atom is 0.269 e. The number of likely N-dealkylation sites (N-methyl/N-ethyl adjacent to an activating group) is 1. The molecule has 1 heterocycles. The quantitative estimate of drug-likeness (QED) is 0.665. The van der Waals surface area contributed by atoms with E-state index in [0.29, 0.717) is 0 Å². The molecule has 0 amide bonds. The van der Waals surface area contributed by atoms with Crippen LogP contribution in [0.3, 0.4) is 0 Å². The summed E-state index contributed by atoms with van der Waals surface area (Å²) in [5.74, 6) is 0. The predicted molar refractivity (Wildman–Crippen MR) is 72.9 cm³/mol. The summed E-state index contributed by atoms with van der Waals surface area (Å²) in [6.07, 6.45) is 0.828. The minimum atomic E-state index is -0.376. The standard InChI is InChI=1S/C13H14N2O2S/c1-14-12(13-3-2-8-18-13)9-10-4-6-11(7-5-10)15(16)17/h2-8,12,14H,9H2,1H3. The molecule has 94 valence electrons. The average Bonchev–Trinajstić information content (AvgIpc) is 2.90. The lowest BCUT2D eigenvalue weighted by Gasteiger charge is -2.14. The van der Waals surface area contributed by atoms with E-state index in [4.69, 9.17) is 0 Å². The van der Waals surface area contributed by atoms with Gasteiger partial charge in [-0.1, -0.05) is 18.2 Å². The second-order valence-corrected chi connectivity index (χ2v) is 4.96. The monoisotopic (exact) mass is 262 g/mol. The molecule has 18 heavy (non-hydrogen) atoms. The van der Waals surface area contributed by atoms with Gasteiger partial charge in [0.2, 0.25) is 0 Å². The Morgan fingerprint density at radius 3 is 2.56 bits per heavy atom. The Morgan fingerprint density at radius 1 is 1.33 bits per heavy atom. The van der Waals surface area contributed by atoms with Gasteiger partial charge in [-0.15, -0.1) is 11.3 Å². The van der Waals surface area contributed by atoms with Crippen molar-refractivity contribution < 1.29 is 4.92 Å². The third-order valence-electron chi connectivity index (χ3n) is 2.82. The third-order valence-corrected chi connectivity index (χ3v) is 3.81. The highest BCUT2D eigenvalue weighted by molar-refractivity contribution is 7.10. The van der Waals surface area contributed by atoms with Crippen LogP contribution in [0.25, 0.3) is 0 Å². The summed E-state index contributed by atoms with van der Waals surface area (Å²) in [6, 6.07) is 11.1. The van der Waals surface area contributed by atoms with Crippen molar-refractivity contribution in [3.05, 3.63) is 62.3 Å². The molecule has 4 nitrogen and oxygen atoms in total. The van der Waals surface area contributed by atoms with Crippen LogP contribution in [0.2, 0.25) is 0 Å². The van der Waals surface area contributed by atoms with Crippen LogP contribution in [0.4, 0.5) is 5.69 Å². The van der Waals surface area contributed by atoms with Crippen molar-refractivity contribution in [2.45, 2.75) is 12.5 Å². The highest BCUT2D eigenvalue weighted by Gasteiger charge is 2.12. The lowest BCUT2D eigenvalue weighted by atomic mass is 10.0. The van der Waals surface area contributed by atoms with Crippen LogP contribution in [-0.4, -0.2) is 12.0 Å². The van der Waals surface area contributed by atoms with Gasteiger partial charge in [-0.2, -0.15) is 0 Å². The number of benzene rings is 1. The SMILES string of the molecule is CNC(Cc1ccc([N+](=O)[O-])cc1)c1cccs1. The van der Waals surface area contributed by atoms with Crippen LogP contribution < -0.4 is 5.32 Å². The fraction of sp³-hybridized carbons (Fsp3) is 0.231. The van der Waals surface area contributed by atoms with Crippen molar-refractivity contribution in [1.82, 2.24) is 5.32 Å². The van der Waals surface area contributed by atoms with Crippen molar-refractivity contribution >= 4 is 17.0 Å². The fourth-order valence-corrected chi connectivity index (χ4v) is 2.66. The molecule has 1 atom stereocenters. The van der Waals surface area contributed by atoms with Crippen molar-refractivity contribution in [1.29, 1.82) is 0 Å². The smallest absolute Gasteiger partial charge is 0.269 e. The topological polar surface area (TPSA) is 55.2 Å². The minimum Gasteiger partial charge on any atom is -0.312 e. The minimum absolute atomic E-state index is 0.135. The van der Waals surface area contributed by atoms with E-state index in [1.165, 1.54) is 4.88 Å². The highest BCUT2D eigenvalue weighted by Crippen LogP contribution is 2.23. The molecular formula is C13H14N2O2S. The zero-order chi connectivity index (χ0) is 13.0. The fourth-order valence-electron chi connectivity index (χ4n) is 1.82. The highest BCUT2D eigenvalue weighted by atomic mass is 32.1. The Morgan fingerprint density at radius 2 is 2.06 bits per heavy atom. The van der Waals surface area contributed by atoms with E-state index >= 15 is 0 Å². The van der Waals surface area contributed by atoms with Crippen LogP contribution in [0, 0.1) is 10.1 Å². The summed E-state index contributed by atoms with van der Waals surface area (Å²) in [6.45, 7) is 0. The van der Waals surface area contributed by atoms with Gasteiger partial charge in [-0.3, -0.25) is 10.1 Å². The molecule has 0 aliphatic carbocycles. The summed E-state index contributed by atoms with van der Waals surface area (Å²) in [5.41, 5.74) is 1.23. The molecule has 0 saturated carbocycles. The molecule has 0 spiro atoms. The Bertz CT molecular complexity index is 508. The van der Waals surface area contributed by atoms with Crippen molar-refractivity contribution in [3.63, 3.8) is 0 Å². The summed E-state index contributed by atoms with van der Waals surface area (Å²) in [5, 5.41) is 15.9. The van der Waals surface area contributed by atoms with Crippen LogP contribution in [-0.2, 0) is 6.42 Å². The lowest BCUT2D eigenvalue weighted by molar-refractivity contribution is -0.384. The Labute approximate surface area is 109 Å². The number of nitrogens with zero attached hydrogens (tertiary/aromatic N) is 1. The summed E-state index contributed by atoms with van der Waals surface area (Å²) < 4.78 is 0. The van der Waals surface area contributed by atoms with E-state index < -0.39 is 0 Å². The van der Waals surface area contributed by atoms with Gasteiger partial charge in [0.15, 0.2) is 0 Å². The number of nitro benzene ring substituents is 1. The molecule has 1 aromatic carbocycles.